The van der Waals surface area contributed by atoms with E-state index in [9.17, 15) is 4.79 Å². The van der Waals surface area contributed by atoms with Crippen LogP contribution in [0, 0.1) is 0 Å². The number of benzene rings is 1. The highest BCUT2D eigenvalue weighted by molar-refractivity contribution is 6.30. The molecular formula is C10H7ClN2O2. The van der Waals surface area contributed by atoms with Crippen molar-refractivity contribution >= 4 is 17.6 Å². The predicted molar refractivity (Wildman–Crippen MR) is 55.5 cm³/mol. The Bertz CT molecular complexity index is 490. The summed E-state index contributed by atoms with van der Waals surface area (Å²) in [7, 11) is 0. The van der Waals surface area contributed by atoms with Crippen molar-refractivity contribution in [1.82, 2.24) is 9.78 Å². The van der Waals surface area contributed by atoms with Crippen LogP contribution in [0.15, 0.2) is 36.5 Å². The van der Waals surface area contributed by atoms with Crippen LogP contribution in [0.2, 0.25) is 5.02 Å². The average molecular weight is 223 g/mol. The molecule has 0 fully saturated rings. The minimum atomic E-state index is -1.04. The minimum Gasteiger partial charge on any atom is -0.476 e. The fourth-order valence-electron chi connectivity index (χ4n) is 1.18. The molecule has 15 heavy (non-hydrogen) atoms. The summed E-state index contributed by atoms with van der Waals surface area (Å²) in [6.07, 6.45) is 1.59. The van der Waals surface area contributed by atoms with Gasteiger partial charge in [0.1, 0.15) is 0 Å². The van der Waals surface area contributed by atoms with Gasteiger partial charge in [-0.15, -0.1) is 0 Å². The first-order chi connectivity index (χ1) is 7.16. The zero-order valence-electron chi connectivity index (χ0n) is 7.59. The van der Waals surface area contributed by atoms with Gasteiger partial charge in [0.2, 0.25) is 0 Å². The molecule has 0 atom stereocenters. The third-order valence-corrected chi connectivity index (χ3v) is 2.15. The highest BCUT2D eigenvalue weighted by atomic mass is 35.5. The van der Waals surface area contributed by atoms with E-state index < -0.39 is 5.97 Å². The number of halogens is 1. The molecule has 1 heterocycles. The van der Waals surface area contributed by atoms with Gasteiger partial charge in [0.15, 0.2) is 5.69 Å². The number of carbonyl (C=O) groups is 1. The second kappa shape index (κ2) is 3.74. The lowest BCUT2D eigenvalue weighted by atomic mass is 10.3. The Morgan fingerprint density at radius 1 is 1.27 bits per heavy atom. The van der Waals surface area contributed by atoms with Crippen LogP contribution in [0.1, 0.15) is 10.5 Å². The average Bonchev–Trinajstić information content (AvgIpc) is 2.68. The van der Waals surface area contributed by atoms with E-state index in [0.29, 0.717) is 5.02 Å². The van der Waals surface area contributed by atoms with E-state index in [0.717, 1.165) is 5.69 Å². The van der Waals surface area contributed by atoms with Crippen LogP contribution in [0.25, 0.3) is 5.69 Å². The maximum atomic E-state index is 10.6. The summed E-state index contributed by atoms with van der Waals surface area (Å²) in [5.74, 6) is -1.04. The van der Waals surface area contributed by atoms with Crippen LogP contribution in [-0.4, -0.2) is 20.9 Å². The Hall–Kier alpha value is -1.81. The van der Waals surface area contributed by atoms with Gasteiger partial charge in [0.05, 0.1) is 5.69 Å². The topological polar surface area (TPSA) is 55.1 Å². The maximum absolute atomic E-state index is 10.6. The number of aromatic carboxylic acids is 1. The van der Waals surface area contributed by atoms with Gasteiger partial charge in [-0.25, -0.2) is 9.48 Å². The van der Waals surface area contributed by atoms with Crippen molar-refractivity contribution in [3.63, 3.8) is 0 Å². The zero-order valence-corrected chi connectivity index (χ0v) is 8.35. The molecule has 0 saturated carbocycles. The van der Waals surface area contributed by atoms with Crippen LogP contribution in [0.5, 0.6) is 0 Å². The van der Waals surface area contributed by atoms with Crippen molar-refractivity contribution < 1.29 is 9.90 Å². The van der Waals surface area contributed by atoms with E-state index in [-0.39, 0.29) is 5.69 Å². The smallest absolute Gasteiger partial charge is 0.356 e. The Balaban J connectivity index is 2.37. The van der Waals surface area contributed by atoms with Crippen LogP contribution in [0.3, 0.4) is 0 Å². The summed E-state index contributed by atoms with van der Waals surface area (Å²) < 4.78 is 1.49. The molecule has 0 unspecified atom stereocenters. The molecule has 1 N–H and O–H groups in total. The van der Waals surface area contributed by atoms with Gasteiger partial charge >= 0.3 is 5.97 Å². The third kappa shape index (κ3) is 1.99. The first-order valence-electron chi connectivity index (χ1n) is 4.22. The molecule has 2 rings (SSSR count). The first-order valence-corrected chi connectivity index (χ1v) is 4.59. The Kier molecular flexibility index (Phi) is 2.43. The van der Waals surface area contributed by atoms with Crippen molar-refractivity contribution in [2.45, 2.75) is 0 Å². The molecule has 0 radical (unpaired) electrons. The second-order valence-corrected chi connectivity index (χ2v) is 3.36. The number of carboxylic acids is 1. The highest BCUT2D eigenvalue weighted by Crippen LogP contribution is 2.12. The fourth-order valence-corrected chi connectivity index (χ4v) is 1.30. The molecule has 0 spiro atoms. The predicted octanol–water partition coefficient (Wildman–Crippen LogP) is 2.22. The summed E-state index contributed by atoms with van der Waals surface area (Å²) in [5.41, 5.74) is 0.789. The van der Waals surface area contributed by atoms with Gasteiger partial charge in [-0.3, -0.25) is 0 Å². The zero-order chi connectivity index (χ0) is 10.8. The van der Waals surface area contributed by atoms with Gasteiger partial charge in [0.25, 0.3) is 0 Å². The number of carboxylic acid groups (broad SMARTS) is 1. The molecule has 1 aromatic heterocycles. The van der Waals surface area contributed by atoms with Crippen LogP contribution < -0.4 is 0 Å². The third-order valence-electron chi connectivity index (χ3n) is 1.90. The first kappa shape index (κ1) is 9.73. The molecule has 5 heteroatoms. The molecule has 4 nitrogen and oxygen atoms in total. The van der Waals surface area contributed by atoms with Crippen molar-refractivity contribution in [3.05, 3.63) is 47.2 Å². The lowest BCUT2D eigenvalue weighted by molar-refractivity contribution is 0.0690. The Morgan fingerprint density at radius 3 is 2.47 bits per heavy atom. The number of rotatable bonds is 2. The Labute approximate surface area is 90.7 Å². The quantitative estimate of drug-likeness (QED) is 0.848. The van der Waals surface area contributed by atoms with E-state index >= 15 is 0 Å². The van der Waals surface area contributed by atoms with Crippen LogP contribution >= 0.6 is 11.6 Å². The second-order valence-electron chi connectivity index (χ2n) is 2.93. The van der Waals surface area contributed by atoms with E-state index in [2.05, 4.69) is 5.10 Å². The molecule has 0 aliphatic heterocycles. The lowest BCUT2D eigenvalue weighted by Gasteiger charge is -1.99. The molecular weight excluding hydrogens is 216 g/mol. The Morgan fingerprint density at radius 2 is 1.93 bits per heavy atom. The normalized spacial score (nSPS) is 10.2. The molecule has 2 aromatic rings. The molecule has 1 aromatic carbocycles. The van der Waals surface area contributed by atoms with Gasteiger partial charge < -0.3 is 5.11 Å². The number of nitrogens with zero attached hydrogens (tertiary/aromatic N) is 2. The minimum absolute atomic E-state index is 0.0185. The van der Waals surface area contributed by atoms with Gasteiger partial charge in [0, 0.05) is 11.2 Å². The highest BCUT2D eigenvalue weighted by Gasteiger charge is 2.07. The molecule has 0 aliphatic carbocycles. The van der Waals surface area contributed by atoms with Crippen molar-refractivity contribution in [3.8, 4) is 5.69 Å². The lowest BCUT2D eigenvalue weighted by Crippen LogP contribution is -2.00. The van der Waals surface area contributed by atoms with E-state index in [1.54, 1.807) is 30.5 Å². The fraction of sp³-hybridized carbons (Fsp3) is 0. The molecule has 0 saturated heterocycles. The number of hydrogen-bond acceptors (Lipinski definition) is 2. The van der Waals surface area contributed by atoms with Gasteiger partial charge in [-0.05, 0) is 30.3 Å². The number of aromatic nitrogens is 2. The van der Waals surface area contributed by atoms with Crippen molar-refractivity contribution in [1.29, 1.82) is 0 Å². The van der Waals surface area contributed by atoms with Crippen molar-refractivity contribution in [2.24, 2.45) is 0 Å². The SMILES string of the molecule is O=C(O)c1ccn(-c2ccc(Cl)cc2)n1. The largest absolute Gasteiger partial charge is 0.476 e. The summed E-state index contributed by atoms with van der Waals surface area (Å²) >= 11 is 5.73. The summed E-state index contributed by atoms with van der Waals surface area (Å²) in [5, 5.41) is 13.2. The summed E-state index contributed by atoms with van der Waals surface area (Å²) in [4.78, 5) is 10.6. The molecule has 0 aliphatic rings. The summed E-state index contributed by atoms with van der Waals surface area (Å²) in [6.45, 7) is 0. The van der Waals surface area contributed by atoms with E-state index in [1.807, 2.05) is 0 Å². The van der Waals surface area contributed by atoms with Crippen LogP contribution in [0.4, 0.5) is 0 Å². The summed E-state index contributed by atoms with van der Waals surface area (Å²) in [6, 6.07) is 8.41. The molecule has 76 valence electrons. The van der Waals surface area contributed by atoms with E-state index in [4.69, 9.17) is 16.7 Å². The van der Waals surface area contributed by atoms with Gasteiger partial charge in [-0.2, -0.15) is 5.10 Å². The van der Waals surface area contributed by atoms with Crippen LogP contribution in [-0.2, 0) is 0 Å². The van der Waals surface area contributed by atoms with Gasteiger partial charge in [-0.1, -0.05) is 11.6 Å². The molecule has 0 bridgehead atoms. The van der Waals surface area contributed by atoms with E-state index in [1.165, 1.54) is 10.7 Å². The van der Waals surface area contributed by atoms with Crippen molar-refractivity contribution in [2.75, 3.05) is 0 Å². The maximum Gasteiger partial charge on any atom is 0.356 e. The molecule has 0 amide bonds. The monoisotopic (exact) mass is 222 g/mol. The number of hydrogen-bond donors (Lipinski definition) is 1. The standard InChI is InChI=1S/C10H7ClN2O2/c11-7-1-3-8(4-2-7)13-6-5-9(12-13)10(14)15/h1-6H,(H,14,15).